The lowest BCUT2D eigenvalue weighted by molar-refractivity contribution is -1.01. The number of nitrogens with zero attached hydrogens (tertiary/aromatic N) is 1. The first-order chi connectivity index (χ1) is 5.54. The van der Waals surface area contributed by atoms with E-state index in [2.05, 4.69) is 5.32 Å². The van der Waals surface area contributed by atoms with Gasteiger partial charge in [-0.15, -0.1) is 0 Å². The number of carbonyl (C=O) groups is 1. The van der Waals surface area contributed by atoms with Gasteiger partial charge in [0.2, 0.25) is 0 Å². The summed E-state index contributed by atoms with van der Waals surface area (Å²) in [7, 11) is 0. The lowest BCUT2D eigenvalue weighted by Crippen LogP contribution is -2.29. The van der Waals surface area contributed by atoms with Crippen molar-refractivity contribution in [2.75, 3.05) is 6.54 Å². The summed E-state index contributed by atoms with van der Waals surface area (Å²) in [4.78, 5) is 10.1. The summed E-state index contributed by atoms with van der Waals surface area (Å²) in [5, 5.41) is 24.7. The normalized spacial score (nSPS) is 20.8. The Kier molecular flexibility index (Phi) is 4.70. The summed E-state index contributed by atoms with van der Waals surface area (Å²) in [6, 6.07) is -0.269. The molecule has 0 aromatic heterocycles. The molecule has 1 rings (SSSR count). The van der Waals surface area contributed by atoms with E-state index in [0.717, 1.165) is 19.4 Å². The SMILES string of the molecule is N=[N+](O)O.O=C(O)C1CCCN1. The van der Waals surface area contributed by atoms with E-state index in [-0.39, 0.29) is 6.04 Å². The molecule has 5 N–H and O–H groups in total. The molecule has 12 heavy (non-hydrogen) atoms. The van der Waals surface area contributed by atoms with E-state index in [1.54, 1.807) is 0 Å². The van der Waals surface area contributed by atoms with Crippen LogP contribution in [0.1, 0.15) is 12.8 Å². The van der Waals surface area contributed by atoms with Gasteiger partial charge in [-0.05, 0) is 19.4 Å². The second-order valence-electron chi connectivity index (χ2n) is 2.28. The fourth-order valence-corrected chi connectivity index (χ4v) is 0.895. The Morgan fingerprint density at radius 3 is 2.25 bits per heavy atom. The first kappa shape index (κ1) is 10.6. The fourth-order valence-electron chi connectivity index (χ4n) is 0.895. The molecule has 1 saturated heterocycles. The van der Waals surface area contributed by atoms with Gasteiger partial charge in [-0.3, -0.25) is 4.79 Å². The predicted octanol–water partition coefficient (Wildman–Crippen LogP) is -0.369. The molecular formula is C5H12N3O4+. The highest BCUT2D eigenvalue weighted by atomic mass is 16.8. The molecule has 0 radical (unpaired) electrons. The summed E-state index contributed by atoms with van der Waals surface area (Å²) in [5.74, 6) is -0.720. The van der Waals surface area contributed by atoms with Crippen molar-refractivity contribution in [1.82, 2.24) is 5.32 Å². The number of rotatable bonds is 1. The average Bonchev–Trinajstić information content (AvgIpc) is 2.34. The van der Waals surface area contributed by atoms with Crippen molar-refractivity contribution in [3.63, 3.8) is 0 Å². The second-order valence-corrected chi connectivity index (χ2v) is 2.28. The minimum atomic E-state index is -0.750. The molecule has 70 valence electrons. The zero-order chi connectivity index (χ0) is 9.56. The van der Waals surface area contributed by atoms with Crippen LogP contribution in [0.3, 0.4) is 0 Å². The molecule has 0 saturated carbocycles. The van der Waals surface area contributed by atoms with Crippen LogP contribution in [0.2, 0.25) is 0 Å². The van der Waals surface area contributed by atoms with Crippen molar-refractivity contribution in [1.29, 1.82) is 5.53 Å². The van der Waals surface area contributed by atoms with Gasteiger partial charge in [0.05, 0.1) is 0 Å². The molecule has 1 unspecified atom stereocenters. The summed E-state index contributed by atoms with van der Waals surface area (Å²) in [6.45, 7) is 0.858. The van der Waals surface area contributed by atoms with Gasteiger partial charge in [-0.25, -0.2) is 10.4 Å². The van der Waals surface area contributed by atoms with E-state index in [9.17, 15) is 4.79 Å². The Bertz CT molecular complexity index is 162. The van der Waals surface area contributed by atoms with Crippen molar-refractivity contribution in [3.8, 4) is 0 Å². The lowest BCUT2D eigenvalue weighted by Gasteiger charge is -1.99. The molecule has 0 bridgehead atoms. The maximum Gasteiger partial charge on any atom is 0.326 e. The van der Waals surface area contributed by atoms with Crippen LogP contribution in [0.4, 0.5) is 0 Å². The van der Waals surface area contributed by atoms with Crippen LogP contribution in [-0.4, -0.2) is 39.1 Å². The van der Waals surface area contributed by atoms with Gasteiger partial charge in [0.15, 0.2) is 0 Å². The summed E-state index contributed by atoms with van der Waals surface area (Å²) < 4.78 is 0. The Labute approximate surface area is 68.6 Å². The molecule has 1 atom stereocenters. The zero-order valence-electron chi connectivity index (χ0n) is 6.40. The third kappa shape index (κ3) is 5.42. The van der Waals surface area contributed by atoms with Gasteiger partial charge >= 0.3 is 11.0 Å². The van der Waals surface area contributed by atoms with E-state index >= 15 is 0 Å². The van der Waals surface area contributed by atoms with Crippen molar-refractivity contribution < 1.29 is 25.3 Å². The largest absolute Gasteiger partial charge is 0.480 e. The van der Waals surface area contributed by atoms with E-state index < -0.39 is 11.0 Å². The Morgan fingerprint density at radius 1 is 1.58 bits per heavy atom. The van der Waals surface area contributed by atoms with E-state index in [0.29, 0.717) is 0 Å². The van der Waals surface area contributed by atoms with E-state index in [4.69, 9.17) is 21.1 Å². The highest BCUT2D eigenvalue weighted by Crippen LogP contribution is 2.03. The maximum absolute atomic E-state index is 10.1. The Balaban J connectivity index is 0.000000261. The molecule has 1 aliphatic heterocycles. The standard InChI is InChI=1S/C5H9NO2.H3N2O2/c7-5(8)4-2-1-3-6-4;1-2(3)4/h4,6H,1-3H2,(H,7,8);(H3,1,3,4)/q;+1. The number of aliphatic carboxylic acids is 1. The van der Waals surface area contributed by atoms with Crippen LogP contribution < -0.4 is 5.32 Å². The van der Waals surface area contributed by atoms with Gasteiger partial charge < -0.3 is 10.4 Å². The quantitative estimate of drug-likeness (QED) is 0.277. The minimum absolute atomic E-state index is 0.269. The first-order valence-electron chi connectivity index (χ1n) is 3.39. The average molecular weight is 178 g/mol. The van der Waals surface area contributed by atoms with Crippen LogP contribution in [0, 0.1) is 5.53 Å². The van der Waals surface area contributed by atoms with Gasteiger partial charge in [0.25, 0.3) is 0 Å². The predicted molar refractivity (Wildman–Crippen MR) is 35.2 cm³/mol. The van der Waals surface area contributed by atoms with Crippen LogP contribution in [0.15, 0.2) is 0 Å². The maximum atomic E-state index is 10.1. The van der Waals surface area contributed by atoms with E-state index in [1.165, 1.54) is 0 Å². The van der Waals surface area contributed by atoms with Crippen molar-refractivity contribution in [2.24, 2.45) is 0 Å². The molecule has 0 aromatic carbocycles. The van der Waals surface area contributed by atoms with Crippen LogP contribution >= 0.6 is 0 Å². The molecule has 0 aliphatic carbocycles. The molecule has 0 spiro atoms. The van der Waals surface area contributed by atoms with Gasteiger partial charge in [0, 0.05) is 5.53 Å². The number of hydrogen-bond acceptors (Lipinski definition) is 3. The first-order valence-corrected chi connectivity index (χ1v) is 3.39. The number of hydrogen-bond donors (Lipinski definition) is 5. The highest BCUT2D eigenvalue weighted by molar-refractivity contribution is 5.73. The van der Waals surface area contributed by atoms with Crippen LogP contribution in [0.25, 0.3) is 0 Å². The third-order valence-corrected chi connectivity index (χ3v) is 1.36. The van der Waals surface area contributed by atoms with Gasteiger partial charge in [-0.2, -0.15) is 0 Å². The third-order valence-electron chi connectivity index (χ3n) is 1.36. The lowest BCUT2D eigenvalue weighted by atomic mass is 10.2. The van der Waals surface area contributed by atoms with Crippen molar-refractivity contribution in [3.05, 3.63) is 0 Å². The Morgan fingerprint density at radius 2 is 2.08 bits per heavy atom. The highest BCUT2D eigenvalue weighted by Gasteiger charge is 2.20. The topological polar surface area (TPSA) is 117 Å². The van der Waals surface area contributed by atoms with Crippen LogP contribution in [0.5, 0.6) is 0 Å². The molecular weight excluding hydrogens is 166 g/mol. The monoisotopic (exact) mass is 178 g/mol. The van der Waals surface area contributed by atoms with E-state index in [1.807, 2.05) is 0 Å². The summed E-state index contributed by atoms with van der Waals surface area (Å²) >= 11 is 0. The molecule has 0 amide bonds. The molecule has 1 fully saturated rings. The number of nitrogens with one attached hydrogen (secondary N) is 2. The smallest absolute Gasteiger partial charge is 0.326 e. The summed E-state index contributed by atoms with van der Waals surface area (Å²) in [6.07, 6.45) is 1.78. The number of carboxylic acid groups (broad SMARTS) is 1. The zero-order valence-corrected chi connectivity index (χ0v) is 6.40. The van der Waals surface area contributed by atoms with Gasteiger partial charge in [-0.1, -0.05) is 0 Å². The minimum Gasteiger partial charge on any atom is -0.480 e. The second kappa shape index (κ2) is 5.30. The molecule has 1 aliphatic rings. The fraction of sp³-hybridized carbons (Fsp3) is 0.800. The van der Waals surface area contributed by atoms with Crippen molar-refractivity contribution >= 4 is 5.97 Å². The number of carboxylic acids is 1. The molecule has 7 nitrogen and oxygen atoms in total. The van der Waals surface area contributed by atoms with Crippen LogP contribution in [-0.2, 0) is 4.79 Å². The van der Waals surface area contributed by atoms with Crippen molar-refractivity contribution in [2.45, 2.75) is 18.9 Å². The molecule has 7 heteroatoms. The van der Waals surface area contributed by atoms with Gasteiger partial charge in [0.1, 0.15) is 6.04 Å². The Hall–Kier alpha value is -1.37. The molecule has 1 heterocycles. The summed E-state index contributed by atoms with van der Waals surface area (Å²) in [5.41, 5.74) is 5.53. The molecule has 0 aromatic rings.